The number of aromatic nitrogens is 5. The number of fused-ring (bicyclic) bond motifs is 7. The molecule has 8 atom stereocenters. The van der Waals surface area contributed by atoms with E-state index in [-0.39, 0.29) is 53.9 Å². The highest BCUT2D eigenvalue weighted by atomic mass is 32.1. The average Bonchev–Trinajstić information content (AvgIpc) is 1.94. The number of aryl methyl sites for hydroxylation is 1. The van der Waals surface area contributed by atoms with Crippen LogP contribution in [0.2, 0.25) is 0 Å². The monoisotopic (exact) mass is 1170 g/mol. The third kappa shape index (κ3) is 9.94. The predicted octanol–water partition coefficient (Wildman–Crippen LogP) is 8.76. The summed E-state index contributed by atoms with van der Waals surface area (Å²) in [5.41, 5.74) is 10.1. The first-order chi connectivity index (χ1) is 41.2. The maximum atomic E-state index is 14.5. The van der Waals surface area contributed by atoms with Gasteiger partial charge < -0.3 is 59.3 Å². The van der Waals surface area contributed by atoms with Crippen molar-refractivity contribution in [2.45, 2.75) is 127 Å². The van der Waals surface area contributed by atoms with Crippen LogP contribution in [-0.4, -0.2) is 157 Å². The van der Waals surface area contributed by atoms with Gasteiger partial charge in [0.05, 0.1) is 50.4 Å². The molecule has 1 aliphatic carbocycles. The number of nitrogens with zero attached hydrogens (tertiary/aromatic N) is 10. The minimum absolute atomic E-state index is 0.0239. The fourth-order valence-corrected chi connectivity index (χ4v) is 15.6. The number of likely N-dealkylation sites (tertiary alicyclic amines) is 1. The van der Waals surface area contributed by atoms with Crippen molar-refractivity contribution in [1.29, 1.82) is 0 Å². The zero-order valence-corrected chi connectivity index (χ0v) is 49.5. The highest BCUT2D eigenvalue weighted by Crippen LogP contribution is 2.50. The van der Waals surface area contributed by atoms with Gasteiger partial charge in [0.1, 0.15) is 36.4 Å². The van der Waals surface area contributed by atoms with Crippen molar-refractivity contribution in [3.63, 3.8) is 0 Å². The minimum atomic E-state index is -0.858. The van der Waals surface area contributed by atoms with E-state index in [4.69, 9.17) is 28.9 Å². The number of rotatable bonds is 13. The number of allylic oxidation sites excluding steroid dienone is 1. The van der Waals surface area contributed by atoms with Gasteiger partial charge in [0.25, 0.3) is 0 Å². The van der Waals surface area contributed by atoms with E-state index in [1.54, 1.807) is 28.6 Å². The van der Waals surface area contributed by atoms with E-state index in [2.05, 4.69) is 49.6 Å². The number of aliphatic hydroxyl groups excluding tert-OH is 1. The molecule has 2 bridgehead atoms. The standard InChI is InChI=1S/C64H72N12O8S/c1-35(2)53(61(80)75-31-46(78)26-50(75)60(79)67-37(4)39-10-12-40(13-11-39)58-38(5)66-34-85-58)51-27-52(71-84-51)72-20-22-73(23-21-72)63(81)82-32-44-16-18-64(17-7-19-76(44)64)33-83-62-69-57-49(59(70-62)74-29-42-14-15-43(30-74)68-42)28-65-56-48-25-45(77)24-41-8-6-9-47(55(41)48)36(3)54(56)57/h6,8-13,24-25,27-28,32,34-37,42-43,46,50,53,68,77-78H,7,14-23,26,29-31,33H2,1-5H3,(H,67,79)/b44-32+/t36?,37-,42?,43?,46+,50-,53+,64+/m0/s1. The van der Waals surface area contributed by atoms with Gasteiger partial charge in [0, 0.05) is 106 Å². The lowest BCUT2D eigenvalue weighted by Gasteiger charge is -2.35. The third-order valence-electron chi connectivity index (χ3n) is 19.2. The van der Waals surface area contributed by atoms with Gasteiger partial charge in [-0.25, -0.2) is 9.78 Å². The molecule has 3 amide bonds. The number of hydrogen-bond donors (Lipinski definition) is 4. The van der Waals surface area contributed by atoms with Gasteiger partial charge in [0.15, 0.2) is 11.6 Å². The first kappa shape index (κ1) is 55.0. The Labute approximate surface area is 497 Å². The number of thiazole rings is 1. The zero-order chi connectivity index (χ0) is 58.4. The summed E-state index contributed by atoms with van der Waals surface area (Å²) in [4.78, 5) is 73.2. The molecule has 0 spiro atoms. The van der Waals surface area contributed by atoms with Gasteiger partial charge in [-0.15, -0.1) is 11.3 Å². The van der Waals surface area contributed by atoms with Crippen molar-refractivity contribution in [2.75, 3.05) is 68.8 Å². The summed E-state index contributed by atoms with van der Waals surface area (Å²) < 4.78 is 18.7. The fourth-order valence-electron chi connectivity index (χ4n) is 14.8. The Morgan fingerprint density at radius 2 is 1.75 bits per heavy atom. The van der Waals surface area contributed by atoms with Gasteiger partial charge in [-0.1, -0.05) is 68.4 Å². The van der Waals surface area contributed by atoms with Crippen LogP contribution < -0.4 is 25.2 Å². The van der Waals surface area contributed by atoms with Crippen LogP contribution >= 0.6 is 11.3 Å². The van der Waals surface area contributed by atoms with Crippen LogP contribution in [0.15, 0.2) is 88.9 Å². The number of nitrogens with one attached hydrogen (secondary N) is 2. The predicted molar refractivity (Wildman–Crippen MR) is 322 cm³/mol. The number of benzene rings is 3. The normalized spacial score (nSPS) is 24.6. The summed E-state index contributed by atoms with van der Waals surface area (Å²) in [7, 11) is 0. The number of carbonyl (C=O) groups excluding carboxylic acids is 3. The largest absolute Gasteiger partial charge is 0.508 e. The number of aromatic hydroxyl groups is 1. The van der Waals surface area contributed by atoms with E-state index in [1.807, 2.05) is 86.8 Å². The van der Waals surface area contributed by atoms with E-state index in [1.165, 1.54) is 10.5 Å². The molecule has 4 aromatic heterocycles. The van der Waals surface area contributed by atoms with Crippen molar-refractivity contribution in [2.24, 2.45) is 5.92 Å². The number of phenols is 1. The SMILES string of the molecule is Cc1ncsc1-c1ccc([C@H](C)NC(=O)[C@@H]2C[C@@H](O)CN2C(=O)[C@@H](c2cc(N3CCN(C(=O)O/C=C4\CC[C@@]5(COc6nc(N7CC8CCC(C7)N8)c7cnc8c(c7n6)C(C)c6cccc7cc(O)cc-8c67)CCCN45)CC3)no2)C(C)C)cc1. The Balaban J connectivity index is 0.618. The maximum Gasteiger partial charge on any atom is 0.414 e. The molecule has 7 aliphatic rings. The Morgan fingerprint density at radius 3 is 2.52 bits per heavy atom. The lowest BCUT2D eigenvalue weighted by atomic mass is 9.79. The van der Waals surface area contributed by atoms with E-state index < -0.39 is 24.2 Å². The quantitative estimate of drug-likeness (QED) is 0.0791. The van der Waals surface area contributed by atoms with Gasteiger partial charge in [-0.05, 0) is 97.9 Å². The highest BCUT2D eigenvalue weighted by molar-refractivity contribution is 7.13. The second kappa shape index (κ2) is 21.9. The molecule has 0 saturated carbocycles. The van der Waals surface area contributed by atoms with Gasteiger partial charge >= 0.3 is 12.1 Å². The summed E-state index contributed by atoms with van der Waals surface area (Å²) in [6.45, 7) is 14.6. The molecule has 21 heteroatoms. The number of aliphatic hydroxyl groups is 1. The van der Waals surface area contributed by atoms with Gasteiger partial charge in [-0.2, -0.15) is 9.97 Å². The lowest BCUT2D eigenvalue weighted by molar-refractivity contribution is -0.141. The molecular formula is C64H72N12O8S. The van der Waals surface area contributed by atoms with Crippen molar-refractivity contribution in [3.05, 3.63) is 112 Å². The Morgan fingerprint density at radius 1 is 0.953 bits per heavy atom. The van der Waals surface area contributed by atoms with Crippen LogP contribution in [0, 0.1) is 12.8 Å². The van der Waals surface area contributed by atoms with Crippen molar-refractivity contribution in [3.8, 4) is 33.5 Å². The average molecular weight is 1170 g/mol. The number of phenolic OH excluding ortho intramolecular Hbond substituents is 1. The Hall–Kier alpha value is -7.88. The fraction of sp³-hybridized carbons (Fsp3) is 0.469. The molecule has 85 heavy (non-hydrogen) atoms. The highest BCUT2D eigenvalue weighted by Gasteiger charge is 2.48. The number of carbonyl (C=O) groups is 3. The number of hydrogen-bond acceptors (Lipinski definition) is 18. The summed E-state index contributed by atoms with van der Waals surface area (Å²) in [5.74, 6) is 0.351. The third-order valence-corrected chi connectivity index (χ3v) is 20.2. The van der Waals surface area contributed by atoms with Crippen LogP contribution in [0.1, 0.15) is 119 Å². The van der Waals surface area contributed by atoms with Gasteiger partial charge in [0.2, 0.25) is 11.8 Å². The second-order valence-electron chi connectivity index (χ2n) is 24.9. The lowest BCUT2D eigenvalue weighted by Crippen LogP contribution is -2.51. The minimum Gasteiger partial charge on any atom is -0.508 e. The number of pyridine rings is 1. The molecule has 6 saturated heterocycles. The summed E-state index contributed by atoms with van der Waals surface area (Å²) in [5, 5.41) is 36.0. The topological polar surface area (TPSA) is 228 Å². The molecular weight excluding hydrogens is 1100 g/mol. The molecule has 4 N–H and O–H groups in total. The van der Waals surface area contributed by atoms with E-state index >= 15 is 0 Å². The first-order valence-electron chi connectivity index (χ1n) is 30.2. The second-order valence-corrected chi connectivity index (χ2v) is 25.7. The number of anilines is 2. The smallest absolute Gasteiger partial charge is 0.414 e. The zero-order valence-electron chi connectivity index (χ0n) is 48.7. The molecule has 0 radical (unpaired) electrons. The van der Waals surface area contributed by atoms with Crippen molar-refractivity contribution >= 4 is 62.6 Å². The molecule has 10 heterocycles. The van der Waals surface area contributed by atoms with Crippen LogP contribution in [-0.2, 0) is 14.3 Å². The van der Waals surface area contributed by atoms with Crippen LogP contribution in [0.25, 0.3) is 43.4 Å². The van der Waals surface area contributed by atoms with Crippen molar-refractivity contribution in [1.82, 2.24) is 50.4 Å². The Kier molecular flexibility index (Phi) is 14.2. The summed E-state index contributed by atoms with van der Waals surface area (Å²) >= 11 is 1.59. The number of ether oxygens (including phenoxy) is 2. The number of amides is 3. The molecule has 442 valence electrons. The van der Waals surface area contributed by atoms with Crippen LogP contribution in [0.5, 0.6) is 11.8 Å². The molecule has 6 aliphatic heterocycles. The molecule has 7 aromatic rings. The first-order valence-corrected chi connectivity index (χ1v) is 31.1. The van der Waals surface area contributed by atoms with Crippen molar-refractivity contribution < 1.29 is 38.6 Å². The molecule has 20 nitrogen and oxygen atoms in total. The van der Waals surface area contributed by atoms with Crippen LogP contribution in [0.4, 0.5) is 16.4 Å². The molecule has 3 unspecified atom stereocenters. The van der Waals surface area contributed by atoms with E-state index in [9.17, 15) is 24.6 Å². The molecule has 14 rings (SSSR count). The Bertz CT molecular complexity index is 3770. The molecule has 3 aromatic carbocycles. The summed E-state index contributed by atoms with van der Waals surface area (Å²) in [6, 6.07) is 19.6. The van der Waals surface area contributed by atoms with Crippen LogP contribution in [0.3, 0.4) is 0 Å². The molecule has 6 fully saturated rings. The van der Waals surface area contributed by atoms with Gasteiger partial charge in [-0.3, -0.25) is 14.6 Å². The number of piperazine rings is 2. The van der Waals surface area contributed by atoms with E-state index in [0.29, 0.717) is 62.5 Å². The number of β-amino-alcohol motifs (C(OH)–C–C–N with tert-alkyl or cyclic N) is 1. The summed E-state index contributed by atoms with van der Waals surface area (Å²) in [6.07, 6.45) is 8.11. The van der Waals surface area contributed by atoms with E-state index in [0.717, 1.165) is 130 Å². The maximum absolute atomic E-state index is 14.5.